The highest BCUT2D eigenvalue weighted by atomic mass is 127. The van der Waals surface area contributed by atoms with Gasteiger partial charge in [-0.05, 0) is 58.0 Å². The molecule has 0 aliphatic rings. The molecule has 0 spiro atoms. The van der Waals surface area contributed by atoms with Crippen LogP contribution in [0.5, 0.6) is 11.5 Å². The van der Waals surface area contributed by atoms with Crippen LogP contribution in [-0.2, 0) is 18.6 Å². The lowest BCUT2D eigenvalue weighted by Gasteiger charge is -2.27. The predicted molar refractivity (Wildman–Crippen MR) is 142 cm³/mol. The van der Waals surface area contributed by atoms with E-state index in [1.54, 1.807) is 6.07 Å². The van der Waals surface area contributed by atoms with Crippen LogP contribution in [0.25, 0.3) is 0 Å². The topological polar surface area (TPSA) is 110 Å². The fraction of sp³-hybridized carbons (Fsp3) is 0.417. The fourth-order valence-corrected chi connectivity index (χ4v) is 4.26. The maximum atomic E-state index is 10.3. The summed E-state index contributed by atoms with van der Waals surface area (Å²) in [6, 6.07) is 13.3. The quantitative estimate of drug-likeness (QED) is 0.205. The van der Waals surface area contributed by atoms with Crippen molar-refractivity contribution in [3.8, 4) is 11.5 Å². The van der Waals surface area contributed by atoms with Crippen molar-refractivity contribution in [2.75, 3.05) is 19.1 Å². The Morgan fingerprint density at radius 3 is 2.29 bits per heavy atom. The van der Waals surface area contributed by atoms with Gasteiger partial charge in [0.15, 0.2) is 0 Å². The lowest BCUT2D eigenvalue weighted by molar-refractivity contribution is 0.0881. The van der Waals surface area contributed by atoms with Crippen molar-refractivity contribution in [3.05, 3.63) is 68.0 Å². The van der Waals surface area contributed by atoms with Crippen molar-refractivity contribution in [1.82, 2.24) is 15.0 Å². The van der Waals surface area contributed by atoms with Crippen molar-refractivity contribution >= 4 is 45.8 Å². The summed E-state index contributed by atoms with van der Waals surface area (Å²) in [6.45, 7) is 4.36. The third-order valence-corrected chi connectivity index (χ3v) is 7.38. The molecule has 2 atom stereocenters. The Hall–Kier alpha value is -1.63. The van der Waals surface area contributed by atoms with Gasteiger partial charge in [-0.3, -0.25) is 0 Å². The van der Waals surface area contributed by atoms with Crippen molar-refractivity contribution in [1.29, 1.82) is 0 Å². The van der Waals surface area contributed by atoms with Crippen LogP contribution in [0.3, 0.4) is 0 Å². The van der Waals surface area contributed by atoms with Gasteiger partial charge in [-0.15, -0.1) is 16.7 Å². The summed E-state index contributed by atoms with van der Waals surface area (Å²) in [4.78, 5) is 0. The van der Waals surface area contributed by atoms with Crippen molar-refractivity contribution in [2.24, 2.45) is 0 Å². The molecule has 0 unspecified atom stereocenters. The van der Waals surface area contributed by atoms with Crippen LogP contribution in [0.15, 0.2) is 42.5 Å². The molecule has 1 aromatic heterocycles. The Morgan fingerprint density at radius 1 is 1.03 bits per heavy atom. The van der Waals surface area contributed by atoms with Crippen LogP contribution in [0.2, 0.25) is 5.02 Å². The third-order valence-electron chi connectivity index (χ3n) is 5.55. The number of aromatic nitrogens is 3. The zero-order valence-electron chi connectivity index (χ0n) is 19.4. The maximum Gasteiger partial charge on any atom is 0.138 e. The number of halogens is 3. The maximum absolute atomic E-state index is 10.3. The minimum Gasteiger partial charge on any atom is -0.491 e. The molecule has 8 nitrogen and oxygen atoms in total. The minimum atomic E-state index is -0.790. The summed E-state index contributed by atoms with van der Waals surface area (Å²) in [7, 11) is 0. The van der Waals surface area contributed by atoms with Crippen molar-refractivity contribution < 1.29 is 24.8 Å². The largest absolute Gasteiger partial charge is 0.491 e. The van der Waals surface area contributed by atoms with E-state index in [4.69, 9.17) is 32.7 Å². The summed E-state index contributed by atoms with van der Waals surface area (Å²) >= 11 is 14.1. The summed E-state index contributed by atoms with van der Waals surface area (Å²) in [6.07, 6.45) is -1.54. The smallest absolute Gasteiger partial charge is 0.138 e. The molecule has 3 N–H and O–H groups in total. The van der Waals surface area contributed by atoms with Gasteiger partial charge in [0.25, 0.3) is 0 Å². The molecule has 0 fully saturated rings. The Morgan fingerprint density at radius 2 is 1.69 bits per heavy atom. The minimum absolute atomic E-state index is 0.0733. The molecule has 0 amide bonds. The molecule has 0 aliphatic heterocycles. The summed E-state index contributed by atoms with van der Waals surface area (Å²) in [5.74, 6) is 1.21. The second-order valence-corrected chi connectivity index (χ2v) is 10.3. The second kappa shape index (κ2) is 12.6. The molecule has 35 heavy (non-hydrogen) atoms. The van der Waals surface area contributed by atoms with Crippen LogP contribution in [-0.4, -0.2) is 61.6 Å². The molecule has 0 aliphatic carbocycles. The zero-order valence-corrected chi connectivity index (χ0v) is 23.0. The molecule has 0 radical (unpaired) electrons. The van der Waals surface area contributed by atoms with Crippen molar-refractivity contribution in [2.45, 2.75) is 44.6 Å². The first-order valence-corrected chi connectivity index (χ1v) is 12.9. The molecule has 0 saturated heterocycles. The van der Waals surface area contributed by atoms with Crippen LogP contribution in [0.4, 0.5) is 0 Å². The standard InChI is InChI=1S/C24H28Cl2IN3O5/c1-24(2,16-5-8-22(20(26)9-16)35-13-17(32)10-25)15-3-6-19(7-4-15)34-14-18(33)11-30-23(27)21(12-31)28-29-30/h3-9,17-18,31-33H,10-14H2,1-2H3/t17-,18+/m0/s1. The number of benzene rings is 2. The summed E-state index contributed by atoms with van der Waals surface area (Å²) in [5.41, 5.74) is 2.19. The van der Waals surface area contributed by atoms with Gasteiger partial charge in [0.05, 0.1) is 24.1 Å². The molecule has 3 rings (SSSR count). The van der Waals surface area contributed by atoms with E-state index in [-0.39, 0.29) is 37.7 Å². The van der Waals surface area contributed by atoms with E-state index in [2.05, 4.69) is 24.2 Å². The highest BCUT2D eigenvalue weighted by molar-refractivity contribution is 14.1. The molecular weight excluding hydrogens is 608 g/mol. The van der Waals surface area contributed by atoms with Gasteiger partial charge in [-0.25, -0.2) is 4.68 Å². The lowest BCUT2D eigenvalue weighted by Crippen LogP contribution is -2.25. The summed E-state index contributed by atoms with van der Waals surface area (Å²) < 4.78 is 13.5. The van der Waals surface area contributed by atoms with E-state index in [0.717, 1.165) is 11.1 Å². The number of rotatable bonds is 12. The van der Waals surface area contributed by atoms with Gasteiger partial charge >= 0.3 is 0 Å². The molecular formula is C24H28Cl2IN3O5. The second-order valence-electron chi connectivity index (χ2n) is 8.55. The van der Waals surface area contributed by atoms with E-state index in [9.17, 15) is 15.3 Å². The van der Waals surface area contributed by atoms with Gasteiger partial charge in [0, 0.05) is 5.41 Å². The highest BCUT2D eigenvalue weighted by Crippen LogP contribution is 2.36. The predicted octanol–water partition coefficient (Wildman–Crippen LogP) is 3.77. The number of aliphatic hydroxyl groups excluding tert-OH is 3. The Labute approximate surface area is 227 Å². The van der Waals surface area contributed by atoms with E-state index in [0.29, 0.717) is 25.9 Å². The third kappa shape index (κ3) is 7.21. The van der Waals surface area contributed by atoms with Gasteiger partial charge in [-0.2, -0.15) is 0 Å². The molecule has 190 valence electrons. The van der Waals surface area contributed by atoms with Crippen LogP contribution < -0.4 is 9.47 Å². The van der Waals surface area contributed by atoms with E-state index < -0.39 is 12.2 Å². The summed E-state index contributed by atoms with van der Waals surface area (Å²) in [5, 5.41) is 37.4. The lowest BCUT2D eigenvalue weighted by atomic mass is 9.78. The number of ether oxygens (including phenoxy) is 2. The first kappa shape index (κ1) is 27.9. The van der Waals surface area contributed by atoms with E-state index in [1.165, 1.54) is 4.68 Å². The van der Waals surface area contributed by atoms with Gasteiger partial charge in [-0.1, -0.05) is 48.9 Å². The van der Waals surface area contributed by atoms with Crippen LogP contribution in [0.1, 0.15) is 30.7 Å². The first-order valence-electron chi connectivity index (χ1n) is 10.9. The number of nitrogens with zero attached hydrogens (tertiary/aromatic N) is 3. The monoisotopic (exact) mass is 635 g/mol. The Kier molecular flexibility index (Phi) is 10.0. The SMILES string of the molecule is CC(C)(c1ccc(OC[C@H](O)Cn2nnc(CO)c2I)cc1)c1ccc(OC[C@@H](O)CCl)c(Cl)c1. The number of hydrogen-bond donors (Lipinski definition) is 3. The molecule has 1 heterocycles. The average molecular weight is 636 g/mol. The highest BCUT2D eigenvalue weighted by Gasteiger charge is 2.24. The number of alkyl halides is 1. The zero-order chi connectivity index (χ0) is 25.6. The van der Waals surface area contributed by atoms with E-state index >= 15 is 0 Å². The Bertz CT molecular complexity index is 1110. The molecule has 0 saturated carbocycles. The van der Waals surface area contributed by atoms with Crippen LogP contribution in [0, 0.1) is 3.70 Å². The van der Waals surface area contributed by atoms with Gasteiger partial charge in [0.1, 0.15) is 46.3 Å². The van der Waals surface area contributed by atoms with Gasteiger partial charge < -0.3 is 24.8 Å². The average Bonchev–Trinajstić information content (AvgIpc) is 3.20. The van der Waals surface area contributed by atoms with Crippen molar-refractivity contribution in [3.63, 3.8) is 0 Å². The van der Waals surface area contributed by atoms with Crippen LogP contribution >= 0.6 is 45.8 Å². The molecule has 0 bridgehead atoms. The first-order chi connectivity index (χ1) is 16.6. The number of hydrogen-bond acceptors (Lipinski definition) is 7. The normalized spacial score (nSPS) is 13.5. The fourth-order valence-electron chi connectivity index (χ4n) is 3.37. The molecule has 2 aromatic carbocycles. The molecule has 3 aromatic rings. The Balaban J connectivity index is 1.60. The van der Waals surface area contributed by atoms with E-state index in [1.807, 2.05) is 59.0 Å². The van der Waals surface area contributed by atoms with Gasteiger partial charge in [0.2, 0.25) is 0 Å². The number of aliphatic hydroxyl groups is 3. The molecule has 11 heteroatoms.